The Kier molecular flexibility index (Phi) is 14.5. The van der Waals surface area contributed by atoms with E-state index < -0.39 is 0 Å². The first-order valence-corrected chi connectivity index (χ1v) is 14.9. The number of nitrogens with zero attached hydrogens (tertiary/aromatic N) is 3. The molecule has 0 fully saturated rings. The lowest BCUT2D eigenvalue weighted by atomic mass is 10.0. The van der Waals surface area contributed by atoms with E-state index in [2.05, 4.69) is 35.7 Å². The minimum absolute atomic E-state index is 0.0673. The molecule has 35 heavy (non-hydrogen) atoms. The van der Waals surface area contributed by atoms with Gasteiger partial charge in [-0.2, -0.15) is 4.37 Å². The third kappa shape index (κ3) is 11.0. The summed E-state index contributed by atoms with van der Waals surface area (Å²) in [6.07, 6.45) is 19.5. The molecule has 200 valence electrons. The number of ether oxygens (including phenoxy) is 2. The highest BCUT2D eigenvalue weighted by Crippen LogP contribution is 2.31. The molecule has 0 bridgehead atoms. The van der Waals surface area contributed by atoms with Gasteiger partial charge in [-0.15, -0.1) is 4.37 Å². The average Bonchev–Trinajstić information content (AvgIpc) is 3.31. The van der Waals surface area contributed by atoms with Crippen LogP contribution in [0.2, 0.25) is 0 Å². The zero-order chi connectivity index (χ0) is 25.4. The summed E-state index contributed by atoms with van der Waals surface area (Å²) >= 11 is 1.21. The quantitative estimate of drug-likeness (QED) is 0.110. The van der Waals surface area contributed by atoms with Gasteiger partial charge in [0.25, 0.3) is 5.88 Å². The maximum Gasteiger partial charge on any atom is 0.310 e. The molecule has 7 heteroatoms. The number of quaternary nitrogens is 1. The normalized spacial score (nSPS) is 18.8. The highest BCUT2D eigenvalue weighted by Gasteiger charge is 2.36. The molecule has 1 aromatic heterocycles. The van der Waals surface area contributed by atoms with Crippen LogP contribution < -0.4 is 4.74 Å². The zero-order valence-electron chi connectivity index (χ0n) is 22.9. The number of hydrogen-bond acceptors (Lipinski definition) is 6. The van der Waals surface area contributed by atoms with Crippen LogP contribution in [0.1, 0.15) is 123 Å². The van der Waals surface area contributed by atoms with E-state index in [0.29, 0.717) is 23.4 Å². The van der Waals surface area contributed by atoms with Crippen molar-refractivity contribution in [1.29, 1.82) is 0 Å². The van der Waals surface area contributed by atoms with E-state index in [-0.39, 0.29) is 12.2 Å². The van der Waals surface area contributed by atoms with Crippen LogP contribution in [0.5, 0.6) is 5.88 Å². The molecule has 0 saturated carbocycles. The maximum atomic E-state index is 12.5. The van der Waals surface area contributed by atoms with E-state index >= 15 is 0 Å². The van der Waals surface area contributed by atoms with Crippen molar-refractivity contribution in [2.24, 2.45) is 0 Å². The largest absolute Gasteiger partial charge is 0.475 e. The number of carbonyl (C=O) groups is 1. The number of unbranched alkanes of at least 4 members (excludes halogenated alkanes) is 11. The Bertz CT molecular complexity index is 752. The molecule has 2 atom stereocenters. The highest BCUT2D eigenvalue weighted by molar-refractivity contribution is 6.99. The number of rotatable bonds is 19. The SMILES string of the molecule is CCCCCCCCCCCC(=O)O[C@H](C)[N+]1(C)CCC=C(c2nsnc2OCCCCCC)C1. The Hall–Kier alpha value is -1.47. The monoisotopic (exact) mass is 508 g/mol. The van der Waals surface area contributed by atoms with Gasteiger partial charge in [0.2, 0.25) is 6.23 Å². The Morgan fingerprint density at radius 1 is 0.971 bits per heavy atom. The number of hydrogen-bond donors (Lipinski definition) is 0. The molecule has 0 spiro atoms. The first kappa shape index (κ1) is 29.8. The van der Waals surface area contributed by atoms with Crippen molar-refractivity contribution in [1.82, 2.24) is 8.75 Å². The molecule has 0 N–H and O–H groups in total. The third-order valence-electron chi connectivity index (χ3n) is 7.23. The van der Waals surface area contributed by atoms with Crippen LogP contribution in [-0.2, 0) is 9.53 Å². The minimum Gasteiger partial charge on any atom is -0.475 e. The minimum atomic E-state index is -0.185. The van der Waals surface area contributed by atoms with Gasteiger partial charge in [-0.05, 0) is 12.8 Å². The first-order valence-electron chi connectivity index (χ1n) is 14.2. The van der Waals surface area contributed by atoms with Crippen LogP contribution in [0.4, 0.5) is 0 Å². The smallest absolute Gasteiger partial charge is 0.310 e. The molecule has 0 saturated heterocycles. The summed E-state index contributed by atoms with van der Waals surface area (Å²) in [5, 5.41) is 0. The fourth-order valence-corrected chi connectivity index (χ4v) is 5.20. The number of likely N-dealkylation sites (N-methyl/N-ethyl adjacent to an activating group) is 1. The molecule has 1 aromatic rings. The van der Waals surface area contributed by atoms with Crippen LogP contribution in [0.25, 0.3) is 5.57 Å². The number of aromatic nitrogens is 2. The second-order valence-corrected chi connectivity index (χ2v) is 10.9. The Labute approximate surface area is 218 Å². The molecule has 0 amide bonds. The van der Waals surface area contributed by atoms with Crippen molar-refractivity contribution >= 4 is 23.3 Å². The molecule has 2 rings (SSSR count). The van der Waals surface area contributed by atoms with Gasteiger partial charge in [0.15, 0.2) is 0 Å². The Morgan fingerprint density at radius 2 is 1.60 bits per heavy atom. The van der Waals surface area contributed by atoms with Crippen LogP contribution >= 0.6 is 11.7 Å². The molecule has 1 aliphatic heterocycles. The summed E-state index contributed by atoms with van der Waals surface area (Å²) in [6.45, 7) is 8.89. The predicted octanol–water partition coefficient (Wildman–Crippen LogP) is 7.54. The van der Waals surface area contributed by atoms with Crippen LogP contribution in [0, 0.1) is 0 Å². The van der Waals surface area contributed by atoms with Crippen LogP contribution in [0.15, 0.2) is 6.08 Å². The summed E-state index contributed by atoms with van der Waals surface area (Å²) in [7, 11) is 2.18. The lowest BCUT2D eigenvalue weighted by Gasteiger charge is -2.41. The summed E-state index contributed by atoms with van der Waals surface area (Å²) in [5.74, 6) is 0.587. The van der Waals surface area contributed by atoms with Crippen molar-refractivity contribution in [2.45, 2.75) is 123 Å². The van der Waals surface area contributed by atoms with Gasteiger partial charge in [-0.1, -0.05) is 90.6 Å². The molecule has 1 unspecified atom stereocenters. The third-order valence-corrected chi connectivity index (χ3v) is 7.74. The van der Waals surface area contributed by atoms with Crippen LogP contribution in [-0.4, -0.2) is 52.2 Å². The second-order valence-electron chi connectivity index (χ2n) is 10.4. The van der Waals surface area contributed by atoms with E-state index in [1.165, 1.54) is 75.9 Å². The molecule has 0 aliphatic carbocycles. The van der Waals surface area contributed by atoms with E-state index in [0.717, 1.165) is 50.0 Å². The van der Waals surface area contributed by atoms with Gasteiger partial charge in [-0.3, -0.25) is 9.28 Å². The summed E-state index contributed by atoms with van der Waals surface area (Å²) in [4.78, 5) is 12.5. The zero-order valence-corrected chi connectivity index (χ0v) is 23.7. The van der Waals surface area contributed by atoms with Gasteiger partial charge >= 0.3 is 5.97 Å². The second kappa shape index (κ2) is 17.1. The predicted molar refractivity (Wildman–Crippen MR) is 145 cm³/mol. The molecular formula is C28H50N3O3S+. The number of carbonyl (C=O) groups excluding carboxylic acids is 1. The van der Waals surface area contributed by atoms with Crippen molar-refractivity contribution in [3.8, 4) is 5.88 Å². The molecule has 0 radical (unpaired) electrons. The van der Waals surface area contributed by atoms with E-state index in [1.54, 1.807) is 0 Å². The van der Waals surface area contributed by atoms with E-state index in [4.69, 9.17) is 9.47 Å². The van der Waals surface area contributed by atoms with Gasteiger partial charge in [0.1, 0.15) is 12.2 Å². The molecule has 0 aromatic carbocycles. The summed E-state index contributed by atoms with van der Waals surface area (Å²) in [6, 6.07) is 0. The van der Waals surface area contributed by atoms with Gasteiger partial charge in [0, 0.05) is 25.3 Å². The lowest BCUT2D eigenvalue weighted by Crippen LogP contribution is -2.55. The van der Waals surface area contributed by atoms with Crippen LogP contribution in [0.3, 0.4) is 0 Å². The van der Waals surface area contributed by atoms with Crippen molar-refractivity contribution in [3.63, 3.8) is 0 Å². The van der Waals surface area contributed by atoms with E-state index in [9.17, 15) is 4.79 Å². The lowest BCUT2D eigenvalue weighted by molar-refractivity contribution is -0.944. The van der Waals surface area contributed by atoms with Crippen molar-refractivity contribution < 1.29 is 18.8 Å². The van der Waals surface area contributed by atoms with Crippen molar-refractivity contribution in [2.75, 3.05) is 26.7 Å². The molecule has 6 nitrogen and oxygen atoms in total. The fourth-order valence-electron chi connectivity index (χ4n) is 4.67. The van der Waals surface area contributed by atoms with Gasteiger partial charge < -0.3 is 9.47 Å². The van der Waals surface area contributed by atoms with Crippen molar-refractivity contribution in [3.05, 3.63) is 11.8 Å². The summed E-state index contributed by atoms with van der Waals surface area (Å²) in [5.41, 5.74) is 2.01. The van der Waals surface area contributed by atoms with Gasteiger partial charge in [0.05, 0.1) is 31.9 Å². The Morgan fingerprint density at radius 3 is 2.29 bits per heavy atom. The standard InChI is InChI=1S/C28H50N3O3S/c1-5-7-9-11-12-13-14-15-16-20-26(32)34-24(3)31(4)21-18-19-25(23-31)27-28(30-35-29-27)33-22-17-10-8-6-2/h19,24H,5-18,20-23H2,1-4H3/q+1/t24-,31?/m1/s1. The average molecular weight is 509 g/mol. The summed E-state index contributed by atoms with van der Waals surface area (Å²) < 4.78 is 21.5. The highest BCUT2D eigenvalue weighted by atomic mass is 32.1. The molecular weight excluding hydrogens is 458 g/mol. The van der Waals surface area contributed by atoms with E-state index in [1.807, 2.05) is 6.92 Å². The van der Waals surface area contributed by atoms with Gasteiger partial charge in [-0.25, -0.2) is 0 Å². The Balaban J connectivity index is 1.73. The number of esters is 1. The first-order chi connectivity index (χ1) is 17.0. The topological polar surface area (TPSA) is 61.3 Å². The fraction of sp³-hybridized carbons (Fsp3) is 0.821. The molecule has 1 aliphatic rings. The maximum absolute atomic E-state index is 12.5. The molecule has 2 heterocycles.